The van der Waals surface area contributed by atoms with E-state index in [1.807, 2.05) is 0 Å². The molecule has 9 nitrogen and oxygen atoms in total. The van der Waals surface area contributed by atoms with Crippen LogP contribution in [-0.2, 0) is 11.3 Å². The molecule has 0 atom stereocenters. The van der Waals surface area contributed by atoms with E-state index in [9.17, 15) is 24.8 Å². The van der Waals surface area contributed by atoms with Crippen LogP contribution >= 0.6 is 15.9 Å². The smallest absolute Gasteiger partial charge is 0.329 e. The molecule has 1 fully saturated rings. The van der Waals surface area contributed by atoms with Crippen LogP contribution in [0.4, 0.5) is 10.5 Å². The van der Waals surface area contributed by atoms with E-state index in [0.717, 1.165) is 21.0 Å². The lowest BCUT2D eigenvalue weighted by Gasteiger charge is -2.11. The van der Waals surface area contributed by atoms with Crippen molar-refractivity contribution in [3.05, 3.63) is 67.8 Å². The predicted octanol–water partition coefficient (Wildman–Crippen LogP) is 3.16. The fourth-order valence-corrected chi connectivity index (χ4v) is 2.91. The van der Waals surface area contributed by atoms with Crippen LogP contribution in [0.15, 0.2) is 46.6 Å². The number of halogens is 1. The molecule has 144 valence electrons. The topological polar surface area (TPSA) is 122 Å². The lowest BCUT2D eigenvalue weighted by Crippen LogP contribution is -2.30. The van der Waals surface area contributed by atoms with E-state index in [1.165, 1.54) is 19.3 Å². The minimum Gasteiger partial charge on any atom is -0.500 e. The van der Waals surface area contributed by atoms with E-state index in [-0.39, 0.29) is 23.6 Å². The number of nitro groups is 1. The third kappa shape index (κ3) is 3.81. The minimum absolute atomic E-state index is 0.0378. The number of phenolic OH excluding ortho intramolecular Hbond substituents is 1. The number of urea groups is 1. The first-order chi connectivity index (χ1) is 13.3. The first-order valence-electron chi connectivity index (χ1n) is 7.94. The number of amides is 3. The van der Waals surface area contributed by atoms with Crippen molar-refractivity contribution >= 4 is 39.6 Å². The van der Waals surface area contributed by atoms with Gasteiger partial charge in [0.25, 0.3) is 5.91 Å². The molecule has 0 radical (unpaired) electrons. The molecule has 0 saturated carbocycles. The maximum atomic E-state index is 12.6. The Morgan fingerprint density at radius 2 is 1.96 bits per heavy atom. The molecule has 0 aromatic heterocycles. The van der Waals surface area contributed by atoms with Gasteiger partial charge in [0, 0.05) is 10.5 Å². The van der Waals surface area contributed by atoms with Crippen LogP contribution in [0, 0.1) is 10.1 Å². The number of hydrogen-bond acceptors (Lipinski definition) is 6. The highest BCUT2D eigenvalue weighted by atomic mass is 79.9. The SMILES string of the molecule is COc1cc(/C=C2/NC(=O)N(Cc3ccc(Br)cc3)C2=O)cc([N+](=O)[O-])c1O. The van der Waals surface area contributed by atoms with E-state index in [4.69, 9.17) is 4.74 Å². The second kappa shape index (κ2) is 7.69. The van der Waals surface area contributed by atoms with Crippen LogP contribution < -0.4 is 10.1 Å². The molecule has 3 rings (SSSR count). The third-order valence-corrected chi connectivity index (χ3v) is 4.55. The van der Waals surface area contributed by atoms with E-state index >= 15 is 0 Å². The second-order valence-corrected chi connectivity index (χ2v) is 6.77. The number of phenols is 1. The van der Waals surface area contributed by atoms with Gasteiger partial charge in [-0.25, -0.2) is 4.79 Å². The molecular weight excluding hydrogens is 434 g/mol. The average molecular weight is 448 g/mol. The van der Waals surface area contributed by atoms with Gasteiger partial charge >= 0.3 is 11.7 Å². The van der Waals surface area contributed by atoms with Gasteiger partial charge < -0.3 is 15.2 Å². The molecular formula is C18H14BrN3O6. The first-order valence-corrected chi connectivity index (χ1v) is 8.74. The Morgan fingerprint density at radius 1 is 1.29 bits per heavy atom. The molecule has 2 N–H and O–H groups in total. The fraction of sp³-hybridized carbons (Fsp3) is 0.111. The van der Waals surface area contributed by atoms with E-state index < -0.39 is 28.3 Å². The zero-order valence-corrected chi connectivity index (χ0v) is 16.1. The van der Waals surface area contributed by atoms with Gasteiger partial charge in [-0.1, -0.05) is 28.1 Å². The van der Waals surface area contributed by atoms with Crippen LogP contribution in [0.5, 0.6) is 11.5 Å². The Labute approximate surface area is 167 Å². The van der Waals surface area contributed by atoms with Crippen molar-refractivity contribution in [2.45, 2.75) is 6.54 Å². The highest BCUT2D eigenvalue weighted by Crippen LogP contribution is 2.37. The zero-order chi connectivity index (χ0) is 20.4. The molecule has 2 aromatic carbocycles. The summed E-state index contributed by atoms with van der Waals surface area (Å²) < 4.78 is 5.80. The molecule has 0 aliphatic carbocycles. The number of imide groups is 1. The van der Waals surface area contributed by atoms with Crippen molar-refractivity contribution in [3.8, 4) is 11.5 Å². The summed E-state index contributed by atoms with van der Waals surface area (Å²) in [4.78, 5) is 36.1. The molecule has 0 spiro atoms. The van der Waals surface area contributed by atoms with Crippen molar-refractivity contribution < 1.29 is 24.4 Å². The van der Waals surface area contributed by atoms with Gasteiger partial charge in [0.2, 0.25) is 5.75 Å². The van der Waals surface area contributed by atoms with E-state index in [2.05, 4.69) is 21.2 Å². The predicted molar refractivity (Wildman–Crippen MR) is 103 cm³/mol. The number of carbonyl (C=O) groups is 2. The van der Waals surface area contributed by atoms with Crippen molar-refractivity contribution in [3.63, 3.8) is 0 Å². The van der Waals surface area contributed by atoms with Gasteiger partial charge in [0.15, 0.2) is 5.75 Å². The van der Waals surface area contributed by atoms with E-state index in [1.54, 1.807) is 24.3 Å². The van der Waals surface area contributed by atoms with E-state index in [0.29, 0.717) is 0 Å². The lowest BCUT2D eigenvalue weighted by atomic mass is 10.1. The number of rotatable bonds is 5. The van der Waals surface area contributed by atoms with Crippen LogP contribution in [0.25, 0.3) is 6.08 Å². The Hall–Kier alpha value is -3.40. The standard InChI is InChI=1S/C18H14BrN3O6/c1-28-15-8-11(7-14(16(15)23)22(26)27)6-13-17(24)21(18(25)20-13)9-10-2-4-12(19)5-3-10/h2-8,23H,9H2,1H3,(H,20,25)/b13-6+. The van der Waals surface area contributed by atoms with Crippen molar-refractivity contribution in [1.82, 2.24) is 10.2 Å². The summed E-state index contributed by atoms with van der Waals surface area (Å²) >= 11 is 3.32. The van der Waals surface area contributed by atoms with Gasteiger partial charge in [-0.2, -0.15) is 0 Å². The summed E-state index contributed by atoms with van der Waals surface area (Å²) in [5, 5.41) is 23.4. The number of methoxy groups -OCH3 is 1. The minimum atomic E-state index is -0.769. The number of nitro benzene ring substituents is 1. The van der Waals surface area contributed by atoms with Gasteiger partial charge in [0.1, 0.15) is 5.70 Å². The van der Waals surface area contributed by atoms with Gasteiger partial charge in [0.05, 0.1) is 18.6 Å². The quantitative estimate of drug-likeness (QED) is 0.314. The maximum absolute atomic E-state index is 12.6. The summed E-state index contributed by atoms with van der Waals surface area (Å²) in [6, 6.07) is 8.97. The Bertz CT molecular complexity index is 1000. The molecule has 1 saturated heterocycles. The summed E-state index contributed by atoms with van der Waals surface area (Å²) in [6.45, 7) is 0.0777. The number of nitrogens with one attached hydrogen (secondary N) is 1. The summed E-state index contributed by atoms with van der Waals surface area (Å²) in [5.74, 6) is -1.31. The van der Waals surface area contributed by atoms with Crippen molar-refractivity contribution in [2.24, 2.45) is 0 Å². The fourth-order valence-electron chi connectivity index (χ4n) is 2.65. The molecule has 0 unspecified atom stereocenters. The number of carbonyl (C=O) groups excluding carboxylic acids is 2. The monoisotopic (exact) mass is 447 g/mol. The van der Waals surface area contributed by atoms with Crippen molar-refractivity contribution in [2.75, 3.05) is 7.11 Å². The second-order valence-electron chi connectivity index (χ2n) is 5.85. The molecule has 10 heteroatoms. The molecule has 1 aliphatic heterocycles. The number of hydrogen-bond donors (Lipinski definition) is 2. The average Bonchev–Trinajstić information content (AvgIpc) is 2.91. The molecule has 3 amide bonds. The lowest BCUT2D eigenvalue weighted by molar-refractivity contribution is -0.386. The van der Waals surface area contributed by atoms with Crippen molar-refractivity contribution in [1.29, 1.82) is 0 Å². The number of aromatic hydroxyl groups is 1. The number of ether oxygens (including phenoxy) is 1. The highest BCUT2D eigenvalue weighted by Gasteiger charge is 2.33. The molecule has 1 aliphatic rings. The largest absolute Gasteiger partial charge is 0.500 e. The normalized spacial score (nSPS) is 15.1. The third-order valence-electron chi connectivity index (χ3n) is 4.02. The van der Waals surface area contributed by atoms with Gasteiger partial charge in [-0.05, 0) is 35.4 Å². The molecule has 28 heavy (non-hydrogen) atoms. The Kier molecular flexibility index (Phi) is 5.32. The van der Waals surface area contributed by atoms with Gasteiger partial charge in [-0.3, -0.25) is 19.8 Å². The highest BCUT2D eigenvalue weighted by molar-refractivity contribution is 9.10. The van der Waals surface area contributed by atoms with Crippen LogP contribution in [-0.4, -0.2) is 34.0 Å². The van der Waals surface area contributed by atoms with Crippen LogP contribution in [0.1, 0.15) is 11.1 Å². The number of nitrogens with zero attached hydrogens (tertiary/aromatic N) is 2. The maximum Gasteiger partial charge on any atom is 0.329 e. The number of benzene rings is 2. The Balaban J connectivity index is 1.90. The molecule has 0 bridgehead atoms. The van der Waals surface area contributed by atoms with Crippen LogP contribution in [0.3, 0.4) is 0 Å². The summed E-state index contributed by atoms with van der Waals surface area (Å²) in [7, 11) is 1.25. The zero-order valence-electron chi connectivity index (χ0n) is 14.5. The molecule has 2 aromatic rings. The Morgan fingerprint density at radius 3 is 2.57 bits per heavy atom. The summed E-state index contributed by atoms with van der Waals surface area (Å²) in [6.07, 6.45) is 1.29. The molecule has 1 heterocycles. The van der Waals surface area contributed by atoms with Gasteiger partial charge in [-0.15, -0.1) is 0 Å². The van der Waals surface area contributed by atoms with Crippen LogP contribution in [0.2, 0.25) is 0 Å². The first kappa shape index (κ1) is 19.4. The summed E-state index contributed by atoms with van der Waals surface area (Å²) in [5.41, 5.74) is 0.365.